The van der Waals surface area contributed by atoms with Crippen LogP contribution in [0.3, 0.4) is 0 Å². The summed E-state index contributed by atoms with van der Waals surface area (Å²) in [6.07, 6.45) is 9.01. The molecule has 0 radical (unpaired) electrons. The Bertz CT molecular complexity index is 1070. The van der Waals surface area contributed by atoms with Gasteiger partial charge in [0.1, 0.15) is 5.78 Å². The number of fused-ring (bicyclic) bond motifs is 5. The van der Waals surface area contributed by atoms with Gasteiger partial charge in [0.15, 0.2) is 14.1 Å². The van der Waals surface area contributed by atoms with Gasteiger partial charge in [-0.2, -0.15) is 0 Å². The lowest BCUT2D eigenvalue weighted by atomic mass is 9.43. The van der Waals surface area contributed by atoms with Crippen LogP contribution in [0.4, 0.5) is 0 Å². The number of carbonyl (C=O) groups excluding carboxylic acids is 2. The summed E-state index contributed by atoms with van der Waals surface area (Å²) in [6.45, 7) is 20.2. The van der Waals surface area contributed by atoms with Gasteiger partial charge in [0.25, 0.3) is 0 Å². The molecule has 0 heterocycles. The van der Waals surface area contributed by atoms with E-state index in [1.807, 2.05) is 30.3 Å². The number of carbonyl (C=O) groups is 2. The summed E-state index contributed by atoms with van der Waals surface area (Å²) in [5.41, 5.74) is 1.21. The van der Waals surface area contributed by atoms with Crippen molar-refractivity contribution in [1.29, 1.82) is 0 Å². The number of hydrogen-bond acceptors (Lipinski definition) is 3. The molecule has 4 fully saturated rings. The van der Waals surface area contributed by atoms with Crippen LogP contribution >= 0.6 is 0 Å². The molecule has 0 bridgehead atoms. The molecule has 2 unspecified atom stereocenters. The lowest BCUT2D eigenvalue weighted by Gasteiger charge is -2.61. The predicted molar refractivity (Wildman–Crippen MR) is 162 cm³/mol. The van der Waals surface area contributed by atoms with Gasteiger partial charge in [-0.3, -0.25) is 9.59 Å². The van der Waals surface area contributed by atoms with E-state index in [4.69, 9.17) is 4.43 Å². The van der Waals surface area contributed by atoms with Crippen LogP contribution in [0.25, 0.3) is 0 Å². The number of Topliss-reactive ketones (excluding diaryl/α,β-unsaturated/α-hetero) is 2. The Hall–Kier alpha value is -1.26. The molecule has 0 aromatic heterocycles. The molecule has 5 rings (SSSR count). The van der Waals surface area contributed by atoms with Crippen LogP contribution in [0.2, 0.25) is 18.1 Å². The Balaban J connectivity index is 1.33. The third-order valence-electron chi connectivity index (χ3n) is 13.2. The first-order valence-electron chi connectivity index (χ1n) is 16.0. The summed E-state index contributed by atoms with van der Waals surface area (Å²) in [6, 6.07) is 9.59. The second-order valence-electron chi connectivity index (χ2n) is 16.0. The van der Waals surface area contributed by atoms with Gasteiger partial charge < -0.3 is 4.43 Å². The summed E-state index contributed by atoms with van der Waals surface area (Å²) in [4.78, 5) is 27.0. The summed E-state index contributed by atoms with van der Waals surface area (Å²) < 4.78 is 6.74. The van der Waals surface area contributed by atoms with Crippen LogP contribution < -0.4 is 0 Å². The minimum absolute atomic E-state index is 0.0760. The van der Waals surface area contributed by atoms with E-state index in [0.717, 1.165) is 37.2 Å². The highest BCUT2D eigenvalue weighted by molar-refractivity contribution is 6.74. The topological polar surface area (TPSA) is 43.4 Å². The molecule has 0 N–H and O–H groups in total. The van der Waals surface area contributed by atoms with E-state index in [2.05, 4.69) is 54.6 Å². The smallest absolute Gasteiger partial charge is 0.191 e. The highest BCUT2D eigenvalue weighted by Gasteiger charge is 2.62. The Morgan fingerprint density at radius 2 is 1.59 bits per heavy atom. The van der Waals surface area contributed by atoms with Crippen molar-refractivity contribution in [2.75, 3.05) is 6.61 Å². The average molecular weight is 551 g/mol. The number of ketones is 2. The van der Waals surface area contributed by atoms with Gasteiger partial charge in [-0.15, -0.1) is 0 Å². The molecule has 0 aliphatic heterocycles. The van der Waals surface area contributed by atoms with E-state index in [9.17, 15) is 9.59 Å². The molecule has 0 amide bonds. The summed E-state index contributed by atoms with van der Waals surface area (Å²) in [5.74, 6) is 3.52. The van der Waals surface area contributed by atoms with Crippen LogP contribution in [-0.2, 0) is 9.22 Å². The Morgan fingerprint density at radius 1 is 0.949 bits per heavy atom. The fraction of sp³-hybridized carbons (Fsp3) is 0.771. The SMILES string of the molecule is CC(CO[Si](C)(C)C(C)(C)C)[C@H]1CC[C@H]2[C@@H]3CC[C@@H]4C(C(=O)c5ccccc5)C(=O)CC[C@]4(C)[C@H]3CC[C@]12C. The maximum Gasteiger partial charge on any atom is 0.191 e. The van der Waals surface area contributed by atoms with Gasteiger partial charge in [-0.05, 0) is 109 Å². The van der Waals surface area contributed by atoms with Crippen molar-refractivity contribution in [3.05, 3.63) is 35.9 Å². The molecular formula is C35H54O3Si. The van der Waals surface area contributed by atoms with Crippen LogP contribution in [0.1, 0.15) is 103 Å². The zero-order chi connectivity index (χ0) is 28.4. The first-order chi connectivity index (χ1) is 18.2. The summed E-state index contributed by atoms with van der Waals surface area (Å²) in [5, 5.41) is 0.252. The van der Waals surface area contributed by atoms with E-state index in [1.165, 1.54) is 32.1 Å². The fourth-order valence-electron chi connectivity index (χ4n) is 9.93. The Morgan fingerprint density at radius 3 is 2.26 bits per heavy atom. The van der Waals surface area contributed by atoms with Crippen molar-refractivity contribution >= 4 is 19.9 Å². The standard InChI is InChI=1S/C35H54O3Si/c1-23(22-38-39(7,8)33(2,3)4)26-16-17-27-25-14-15-29-31(32(37)24-12-10-9-11-13-24)30(36)19-21-35(29,6)28(25)18-20-34(26,27)5/h9-13,23,25-29,31H,14-22H2,1-8H3/t23?,25-,26+,27-,28-,29+,31?,34+,35+/m0/s1. The molecule has 4 saturated carbocycles. The summed E-state index contributed by atoms with van der Waals surface area (Å²) in [7, 11) is -1.75. The van der Waals surface area contributed by atoms with E-state index < -0.39 is 14.2 Å². The molecule has 9 atom stereocenters. The molecule has 1 aromatic carbocycles. The van der Waals surface area contributed by atoms with Crippen molar-refractivity contribution < 1.29 is 14.0 Å². The zero-order valence-electron chi connectivity index (χ0n) is 26.0. The molecular weight excluding hydrogens is 496 g/mol. The predicted octanol–water partition coefficient (Wildman–Crippen LogP) is 8.98. The van der Waals surface area contributed by atoms with Gasteiger partial charge in [0, 0.05) is 18.6 Å². The van der Waals surface area contributed by atoms with Crippen molar-refractivity contribution in [2.24, 2.45) is 52.3 Å². The van der Waals surface area contributed by atoms with Crippen LogP contribution in [0.15, 0.2) is 30.3 Å². The van der Waals surface area contributed by atoms with E-state index in [1.54, 1.807) is 0 Å². The van der Waals surface area contributed by atoms with Crippen molar-refractivity contribution in [3.63, 3.8) is 0 Å². The molecule has 4 aliphatic carbocycles. The van der Waals surface area contributed by atoms with Gasteiger partial charge in [0.05, 0.1) is 5.92 Å². The lowest BCUT2D eigenvalue weighted by Crippen LogP contribution is -2.57. The normalized spacial score (nSPS) is 39.4. The largest absolute Gasteiger partial charge is 0.417 e. The Labute approximate surface area is 239 Å². The maximum absolute atomic E-state index is 13.7. The first kappa shape index (κ1) is 29.2. The summed E-state index contributed by atoms with van der Waals surface area (Å²) >= 11 is 0. The first-order valence-corrected chi connectivity index (χ1v) is 18.9. The third-order valence-corrected chi connectivity index (χ3v) is 17.7. The quantitative estimate of drug-likeness (QED) is 0.202. The third kappa shape index (κ3) is 4.84. The van der Waals surface area contributed by atoms with Gasteiger partial charge in [0.2, 0.25) is 0 Å². The average Bonchev–Trinajstić information content (AvgIpc) is 3.24. The zero-order valence-corrected chi connectivity index (χ0v) is 27.0. The number of hydrogen-bond donors (Lipinski definition) is 0. The van der Waals surface area contributed by atoms with E-state index in [0.29, 0.717) is 29.2 Å². The lowest BCUT2D eigenvalue weighted by molar-refractivity contribution is -0.148. The molecule has 4 aliphatic rings. The van der Waals surface area contributed by atoms with Gasteiger partial charge in [-0.1, -0.05) is 71.9 Å². The molecule has 0 spiro atoms. The van der Waals surface area contributed by atoms with Crippen molar-refractivity contribution in [2.45, 2.75) is 111 Å². The second kappa shape index (κ2) is 10.2. The highest BCUT2D eigenvalue weighted by atomic mass is 28.4. The van der Waals surface area contributed by atoms with Crippen molar-refractivity contribution in [1.82, 2.24) is 0 Å². The number of rotatable bonds is 6. The molecule has 3 nitrogen and oxygen atoms in total. The highest BCUT2D eigenvalue weighted by Crippen LogP contribution is 2.68. The Kier molecular flexibility index (Phi) is 7.67. The van der Waals surface area contributed by atoms with E-state index in [-0.39, 0.29) is 27.9 Å². The van der Waals surface area contributed by atoms with E-state index >= 15 is 0 Å². The molecule has 4 heteroatoms. The van der Waals surface area contributed by atoms with Crippen LogP contribution in [0.5, 0.6) is 0 Å². The van der Waals surface area contributed by atoms with Crippen LogP contribution in [-0.4, -0.2) is 26.5 Å². The molecule has 0 saturated heterocycles. The van der Waals surface area contributed by atoms with Gasteiger partial charge >= 0.3 is 0 Å². The van der Waals surface area contributed by atoms with Gasteiger partial charge in [-0.25, -0.2) is 0 Å². The molecule has 216 valence electrons. The fourth-order valence-corrected chi connectivity index (χ4v) is 11.0. The molecule has 1 aromatic rings. The maximum atomic E-state index is 13.7. The monoisotopic (exact) mass is 550 g/mol. The number of benzene rings is 1. The second-order valence-corrected chi connectivity index (χ2v) is 20.8. The molecule has 39 heavy (non-hydrogen) atoms. The van der Waals surface area contributed by atoms with Crippen LogP contribution in [0, 0.1) is 52.3 Å². The minimum atomic E-state index is -1.75. The minimum Gasteiger partial charge on any atom is -0.417 e. The van der Waals surface area contributed by atoms with Crippen molar-refractivity contribution in [3.8, 4) is 0 Å².